The molecule has 0 saturated carbocycles. The summed E-state index contributed by atoms with van der Waals surface area (Å²) in [5, 5.41) is 7.00. The Morgan fingerprint density at radius 2 is 1.93 bits per heavy atom. The summed E-state index contributed by atoms with van der Waals surface area (Å²) < 4.78 is 2.19. The maximum absolute atomic E-state index is 7.00. The van der Waals surface area contributed by atoms with Crippen molar-refractivity contribution in [2.75, 3.05) is 7.11 Å². The molecule has 0 aliphatic rings. The zero-order valence-corrected chi connectivity index (χ0v) is 11.1. The van der Waals surface area contributed by atoms with Crippen LogP contribution in [0.3, 0.4) is 0 Å². The van der Waals surface area contributed by atoms with E-state index >= 15 is 0 Å². The molecule has 0 atom stereocenters. The maximum Gasteiger partial charge on any atom is 0.204 e. The van der Waals surface area contributed by atoms with Gasteiger partial charge in [0.05, 0.1) is 0 Å². The summed E-state index contributed by atoms with van der Waals surface area (Å²) in [5.74, 6) is 0. The Balaban J connectivity index is 0. The van der Waals surface area contributed by atoms with E-state index in [9.17, 15) is 0 Å². The molecule has 80 valence electrons. The minimum absolute atomic E-state index is 0. The molecule has 1 rings (SSSR count). The van der Waals surface area contributed by atoms with E-state index in [0.29, 0.717) is 6.04 Å². The van der Waals surface area contributed by atoms with Crippen molar-refractivity contribution < 1.29 is 33.7 Å². The summed E-state index contributed by atoms with van der Waals surface area (Å²) in [6, 6.07) is 6.62. The van der Waals surface area contributed by atoms with Gasteiger partial charge in [-0.1, -0.05) is 6.58 Å². The van der Waals surface area contributed by atoms with Crippen LogP contribution in [0.25, 0.3) is 6.08 Å². The average molecular weight is 307 g/mol. The van der Waals surface area contributed by atoms with Crippen LogP contribution in [0.2, 0.25) is 0 Å². The van der Waals surface area contributed by atoms with Gasteiger partial charge in [0.25, 0.3) is 0 Å². The fourth-order valence-electron chi connectivity index (χ4n) is 1.11. The first-order valence-electron chi connectivity index (χ1n) is 4.33. The number of aliphatic hydroxyl groups excluding tert-OH is 1. The third-order valence-corrected chi connectivity index (χ3v) is 1.69. The number of pyridine rings is 1. The Labute approximate surface area is 103 Å². The first-order valence-corrected chi connectivity index (χ1v) is 4.33. The third kappa shape index (κ3) is 4.72. The summed E-state index contributed by atoms with van der Waals surface area (Å²) in [6.07, 6.45) is 3.95. The Hall–Kier alpha value is -0.420. The van der Waals surface area contributed by atoms with E-state index in [2.05, 4.69) is 37.3 Å². The minimum atomic E-state index is 0. The van der Waals surface area contributed by atoms with Crippen molar-refractivity contribution in [3.05, 3.63) is 36.7 Å². The molecule has 2 nitrogen and oxygen atoms in total. The lowest BCUT2D eigenvalue weighted by Gasteiger charge is -2.01. The summed E-state index contributed by atoms with van der Waals surface area (Å²) in [6.45, 7) is 8.07. The summed E-state index contributed by atoms with van der Waals surface area (Å²) in [5.41, 5.74) is 1.17. The van der Waals surface area contributed by atoms with E-state index < -0.39 is 0 Å². The van der Waals surface area contributed by atoms with Crippen LogP contribution in [0.5, 0.6) is 0 Å². The van der Waals surface area contributed by atoms with Crippen LogP contribution in [0.4, 0.5) is 0 Å². The topological polar surface area (TPSA) is 24.1 Å². The Morgan fingerprint density at radius 1 is 1.36 bits per heavy atom. The van der Waals surface area contributed by atoms with Gasteiger partial charge in [0.2, 0.25) is 5.69 Å². The second kappa shape index (κ2) is 9.15. The average Bonchev–Trinajstić information content (AvgIpc) is 2.20. The Morgan fingerprint density at radius 3 is 2.29 bits per heavy atom. The van der Waals surface area contributed by atoms with Gasteiger partial charge in [-0.3, -0.25) is 0 Å². The van der Waals surface area contributed by atoms with Crippen LogP contribution >= 0.6 is 0 Å². The molecule has 0 bridgehead atoms. The highest BCUT2D eigenvalue weighted by Gasteiger charge is 2.08. The van der Waals surface area contributed by atoms with E-state index in [-0.39, 0.29) is 24.0 Å². The number of rotatable bonds is 2. The van der Waals surface area contributed by atoms with E-state index in [0.717, 1.165) is 7.11 Å². The number of aromatic nitrogens is 1. The van der Waals surface area contributed by atoms with Crippen molar-refractivity contribution in [3.8, 4) is 0 Å². The van der Waals surface area contributed by atoms with E-state index in [1.165, 1.54) is 5.69 Å². The first-order chi connectivity index (χ1) is 6.25. The molecule has 0 aliphatic carbocycles. The molecular formula is C11H18INO. The zero-order chi connectivity index (χ0) is 10.3. The molecule has 0 aromatic carbocycles. The SMILES string of the molecule is C=Cc1cccc[n+]1C(C)C.CO.[I-]. The van der Waals surface area contributed by atoms with Gasteiger partial charge in [-0.15, -0.1) is 0 Å². The summed E-state index contributed by atoms with van der Waals surface area (Å²) >= 11 is 0. The second-order valence-corrected chi connectivity index (χ2v) is 2.83. The molecule has 1 aromatic heterocycles. The molecule has 1 aromatic rings. The Kier molecular flexibility index (Phi) is 10.5. The van der Waals surface area contributed by atoms with E-state index in [1.54, 1.807) is 0 Å². The number of hydrogen-bond donors (Lipinski definition) is 1. The lowest BCUT2D eigenvalue weighted by Crippen LogP contribution is -3.00. The predicted octanol–water partition coefficient (Wildman–Crippen LogP) is -1.19. The highest BCUT2D eigenvalue weighted by atomic mass is 127. The smallest absolute Gasteiger partial charge is 0.204 e. The van der Waals surface area contributed by atoms with Gasteiger partial charge in [-0.2, -0.15) is 4.57 Å². The number of nitrogens with zero attached hydrogens (tertiary/aromatic N) is 1. The van der Waals surface area contributed by atoms with Crippen molar-refractivity contribution in [2.45, 2.75) is 19.9 Å². The number of aliphatic hydroxyl groups is 1. The van der Waals surface area contributed by atoms with Crippen molar-refractivity contribution >= 4 is 6.08 Å². The fraction of sp³-hybridized carbons (Fsp3) is 0.364. The number of halogens is 1. The van der Waals surface area contributed by atoms with Crippen LogP contribution in [0.1, 0.15) is 25.6 Å². The molecule has 0 fully saturated rings. The molecule has 14 heavy (non-hydrogen) atoms. The Bertz CT molecular complexity index is 261. The molecule has 0 radical (unpaired) electrons. The molecule has 0 spiro atoms. The maximum atomic E-state index is 7.00. The quantitative estimate of drug-likeness (QED) is 0.539. The van der Waals surface area contributed by atoms with Gasteiger partial charge in [0, 0.05) is 25.3 Å². The molecule has 1 heterocycles. The second-order valence-electron chi connectivity index (χ2n) is 2.83. The molecule has 0 saturated heterocycles. The van der Waals surface area contributed by atoms with Gasteiger partial charge in [-0.25, -0.2) is 0 Å². The zero-order valence-electron chi connectivity index (χ0n) is 8.94. The van der Waals surface area contributed by atoms with Crippen molar-refractivity contribution in [1.29, 1.82) is 0 Å². The van der Waals surface area contributed by atoms with Gasteiger partial charge >= 0.3 is 0 Å². The van der Waals surface area contributed by atoms with Crippen LogP contribution in [-0.2, 0) is 0 Å². The van der Waals surface area contributed by atoms with Crippen molar-refractivity contribution in [3.63, 3.8) is 0 Å². The van der Waals surface area contributed by atoms with Gasteiger partial charge in [-0.05, 0) is 19.9 Å². The van der Waals surface area contributed by atoms with E-state index in [1.807, 2.05) is 18.2 Å². The molecule has 0 aliphatic heterocycles. The van der Waals surface area contributed by atoms with Gasteiger partial charge in [0.1, 0.15) is 0 Å². The summed E-state index contributed by atoms with van der Waals surface area (Å²) in [7, 11) is 1.00. The van der Waals surface area contributed by atoms with Crippen LogP contribution in [0, 0.1) is 0 Å². The molecule has 3 heteroatoms. The van der Waals surface area contributed by atoms with Crippen molar-refractivity contribution in [1.82, 2.24) is 0 Å². The predicted molar refractivity (Wildman–Crippen MR) is 55.3 cm³/mol. The van der Waals surface area contributed by atoms with Crippen LogP contribution < -0.4 is 28.5 Å². The van der Waals surface area contributed by atoms with Crippen LogP contribution in [-0.4, -0.2) is 12.2 Å². The van der Waals surface area contributed by atoms with Gasteiger partial charge < -0.3 is 29.1 Å². The monoisotopic (exact) mass is 307 g/mol. The minimum Gasteiger partial charge on any atom is -1.00 e. The van der Waals surface area contributed by atoms with Gasteiger partial charge in [0.15, 0.2) is 12.2 Å². The lowest BCUT2D eigenvalue weighted by molar-refractivity contribution is -0.717. The standard InChI is InChI=1S/C10H14N.CH4O.HI/c1-4-10-7-5-6-8-11(10)9(2)3;1-2;/h4-9H,1H2,2-3H3;2H,1H3;1H/q+1;;/p-1. The highest BCUT2D eigenvalue weighted by Crippen LogP contribution is 1.98. The first kappa shape index (κ1) is 16.0. The molecule has 0 unspecified atom stereocenters. The number of hydrogen-bond acceptors (Lipinski definition) is 1. The fourth-order valence-corrected chi connectivity index (χ4v) is 1.11. The summed E-state index contributed by atoms with van der Waals surface area (Å²) in [4.78, 5) is 0. The molecular weight excluding hydrogens is 289 g/mol. The van der Waals surface area contributed by atoms with Crippen molar-refractivity contribution in [2.24, 2.45) is 0 Å². The van der Waals surface area contributed by atoms with Crippen LogP contribution in [0.15, 0.2) is 31.0 Å². The third-order valence-electron chi connectivity index (χ3n) is 1.69. The highest BCUT2D eigenvalue weighted by molar-refractivity contribution is 5.36. The lowest BCUT2D eigenvalue weighted by atomic mass is 10.3. The largest absolute Gasteiger partial charge is 1.00 e. The van der Waals surface area contributed by atoms with E-state index in [4.69, 9.17) is 5.11 Å². The molecule has 1 N–H and O–H groups in total. The molecule has 0 amide bonds. The normalized spacial score (nSPS) is 8.36.